The monoisotopic (exact) mass is 387 g/mol. The third-order valence-corrected chi connectivity index (χ3v) is 5.17. The molecule has 0 aliphatic rings. The fourth-order valence-electron chi connectivity index (χ4n) is 2.45. The second-order valence-electron chi connectivity index (χ2n) is 6.29. The van der Waals surface area contributed by atoms with Crippen molar-refractivity contribution < 1.29 is 22.7 Å². The Morgan fingerprint density at radius 1 is 1.19 bits per heavy atom. The Balaban J connectivity index is 2.62. The van der Waals surface area contributed by atoms with E-state index in [2.05, 4.69) is 10.0 Å². The van der Waals surface area contributed by atoms with Crippen LogP contribution < -0.4 is 25.2 Å². The molecule has 0 saturated heterocycles. The van der Waals surface area contributed by atoms with Crippen molar-refractivity contribution in [1.82, 2.24) is 10.0 Å². The number of nitrogens with one attached hydrogen (secondary N) is 2. The highest BCUT2D eigenvalue weighted by atomic mass is 32.2. The molecule has 9 heteroatoms. The van der Waals surface area contributed by atoms with Crippen LogP contribution in [-0.4, -0.2) is 47.7 Å². The minimum absolute atomic E-state index is 0.0124. The van der Waals surface area contributed by atoms with E-state index in [-0.39, 0.29) is 29.8 Å². The summed E-state index contributed by atoms with van der Waals surface area (Å²) in [6.45, 7) is 4.43. The normalized spacial score (nSPS) is 12.7. The van der Waals surface area contributed by atoms with Crippen LogP contribution in [0.15, 0.2) is 23.1 Å². The fourth-order valence-corrected chi connectivity index (χ4v) is 3.50. The zero-order valence-electron chi connectivity index (χ0n) is 15.7. The number of carbonyl (C=O) groups excluding carboxylic acids is 1. The van der Waals surface area contributed by atoms with Gasteiger partial charge in [-0.2, -0.15) is 0 Å². The maximum absolute atomic E-state index is 12.3. The molecular weight excluding hydrogens is 358 g/mol. The third-order valence-electron chi connectivity index (χ3n) is 3.72. The van der Waals surface area contributed by atoms with Gasteiger partial charge < -0.3 is 20.5 Å². The Kier molecular flexibility index (Phi) is 8.83. The Morgan fingerprint density at radius 3 is 2.38 bits per heavy atom. The first-order valence-electron chi connectivity index (χ1n) is 8.44. The van der Waals surface area contributed by atoms with Crippen LogP contribution in [0, 0.1) is 5.92 Å². The first-order chi connectivity index (χ1) is 12.2. The summed E-state index contributed by atoms with van der Waals surface area (Å²) in [5.74, 6) is 0.917. The molecule has 148 valence electrons. The van der Waals surface area contributed by atoms with Crippen LogP contribution in [0.4, 0.5) is 0 Å². The van der Waals surface area contributed by atoms with E-state index < -0.39 is 10.0 Å². The minimum Gasteiger partial charge on any atom is -0.493 e. The molecule has 1 atom stereocenters. The lowest BCUT2D eigenvalue weighted by Gasteiger charge is -2.18. The van der Waals surface area contributed by atoms with Crippen molar-refractivity contribution in [2.24, 2.45) is 11.7 Å². The summed E-state index contributed by atoms with van der Waals surface area (Å²) in [7, 11) is -0.860. The molecule has 1 amide bonds. The number of methoxy groups -OCH3 is 2. The Labute approximate surface area is 155 Å². The van der Waals surface area contributed by atoms with Crippen LogP contribution in [0.1, 0.15) is 26.7 Å². The zero-order valence-corrected chi connectivity index (χ0v) is 16.6. The summed E-state index contributed by atoms with van der Waals surface area (Å²) in [4.78, 5) is 12.0. The SMILES string of the molecule is COc1ccc(S(=O)(=O)NCCC(=O)NC(CN)CC(C)C)cc1OC. The van der Waals surface area contributed by atoms with Gasteiger partial charge in [0.15, 0.2) is 11.5 Å². The predicted octanol–water partition coefficient (Wildman–Crippen LogP) is 0.862. The molecule has 0 bridgehead atoms. The largest absolute Gasteiger partial charge is 0.493 e. The lowest BCUT2D eigenvalue weighted by atomic mass is 10.0. The molecule has 0 heterocycles. The highest BCUT2D eigenvalue weighted by Crippen LogP contribution is 2.29. The van der Waals surface area contributed by atoms with Crippen molar-refractivity contribution in [3.8, 4) is 11.5 Å². The third kappa shape index (κ3) is 6.81. The average Bonchev–Trinajstić information content (AvgIpc) is 2.59. The van der Waals surface area contributed by atoms with E-state index in [4.69, 9.17) is 15.2 Å². The van der Waals surface area contributed by atoms with E-state index in [0.717, 1.165) is 6.42 Å². The second-order valence-corrected chi connectivity index (χ2v) is 8.06. The molecule has 1 unspecified atom stereocenters. The van der Waals surface area contributed by atoms with Crippen LogP contribution in [-0.2, 0) is 14.8 Å². The number of benzene rings is 1. The van der Waals surface area contributed by atoms with E-state index >= 15 is 0 Å². The highest BCUT2D eigenvalue weighted by molar-refractivity contribution is 7.89. The van der Waals surface area contributed by atoms with Gasteiger partial charge in [-0.25, -0.2) is 13.1 Å². The lowest BCUT2D eigenvalue weighted by Crippen LogP contribution is -2.42. The van der Waals surface area contributed by atoms with Gasteiger partial charge >= 0.3 is 0 Å². The number of hydrogen-bond acceptors (Lipinski definition) is 6. The molecule has 0 aliphatic heterocycles. The van der Waals surface area contributed by atoms with Gasteiger partial charge in [0.25, 0.3) is 0 Å². The van der Waals surface area contributed by atoms with Gasteiger partial charge in [-0.3, -0.25) is 4.79 Å². The summed E-state index contributed by atoms with van der Waals surface area (Å²) in [5.41, 5.74) is 5.65. The van der Waals surface area contributed by atoms with Crippen molar-refractivity contribution in [2.75, 3.05) is 27.3 Å². The topological polar surface area (TPSA) is 120 Å². The maximum atomic E-state index is 12.3. The van der Waals surface area contributed by atoms with E-state index in [1.165, 1.54) is 32.4 Å². The molecule has 0 radical (unpaired) electrons. The van der Waals surface area contributed by atoms with Crippen molar-refractivity contribution >= 4 is 15.9 Å². The van der Waals surface area contributed by atoms with Gasteiger partial charge in [0.1, 0.15) is 0 Å². The molecule has 0 fully saturated rings. The van der Waals surface area contributed by atoms with Crippen molar-refractivity contribution in [1.29, 1.82) is 0 Å². The average molecular weight is 388 g/mol. The van der Waals surface area contributed by atoms with Crippen LogP contribution in [0.25, 0.3) is 0 Å². The van der Waals surface area contributed by atoms with Crippen LogP contribution in [0.2, 0.25) is 0 Å². The van der Waals surface area contributed by atoms with Gasteiger partial charge in [-0.1, -0.05) is 13.8 Å². The molecule has 26 heavy (non-hydrogen) atoms. The van der Waals surface area contributed by atoms with Gasteiger partial charge in [-0.05, 0) is 24.5 Å². The number of carbonyl (C=O) groups is 1. The van der Waals surface area contributed by atoms with E-state index in [9.17, 15) is 13.2 Å². The summed E-state index contributed by atoms with van der Waals surface area (Å²) in [6.07, 6.45) is 0.806. The quantitative estimate of drug-likeness (QED) is 0.518. The highest BCUT2D eigenvalue weighted by Gasteiger charge is 2.18. The Morgan fingerprint density at radius 2 is 1.85 bits per heavy atom. The first kappa shape index (κ1) is 22.2. The number of ether oxygens (including phenoxy) is 2. The Bertz CT molecular complexity index is 692. The molecule has 4 N–H and O–H groups in total. The maximum Gasteiger partial charge on any atom is 0.240 e. The summed E-state index contributed by atoms with van der Waals surface area (Å²) in [5, 5.41) is 2.82. The van der Waals surface area contributed by atoms with Crippen LogP contribution in [0.5, 0.6) is 11.5 Å². The first-order valence-corrected chi connectivity index (χ1v) is 9.93. The van der Waals surface area contributed by atoms with Gasteiger partial charge in [0, 0.05) is 31.6 Å². The lowest BCUT2D eigenvalue weighted by molar-refractivity contribution is -0.121. The molecule has 1 aromatic rings. The molecule has 0 aromatic heterocycles. The summed E-state index contributed by atoms with van der Waals surface area (Å²) >= 11 is 0. The summed E-state index contributed by atoms with van der Waals surface area (Å²) in [6, 6.07) is 4.19. The molecule has 0 aliphatic carbocycles. The summed E-state index contributed by atoms with van der Waals surface area (Å²) < 4.78 is 37.3. The molecule has 1 rings (SSSR count). The van der Waals surface area contributed by atoms with Crippen LogP contribution >= 0.6 is 0 Å². The number of rotatable bonds is 11. The van der Waals surface area contributed by atoms with Gasteiger partial charge in [0.2, 0.25) is 15.9 Å². The van der Waals surface area contributed by atoms with Crippen LogP contribution in [0.3, 0.4) is 0 Å². The van der Waals surface area contributed by atoms with Gasteiger partial charge in [-0.15, -0.1) is 0 Å². The fraction of sp³-hybridized carbons (Fsp3) is 0.588. The van der Waals surface area contributed by atoms with E-state index in [0.29, 0.717) is 24.0 Å². The molecule has 0 spiro atoms. The minimum atomic E-state index is -3.76. The number of nitrogens with two attached hydrogens (primary N) is 1. The van der Waals surface area contributed by atoms with Crippen molar-refractivity contribution in [2.45, 2.75) is 37.6 Å². The molecule has 8 nitrogen and oxygen atoms in total. The smallest absolute Gasteiger partial charge is 0.240 e. The predicted molar refractivity (Wildman–Crippen MR) is 99.8 cm³/mol. The van der Waals surface area contributed by atoms with E-state index in [1.807, 2.05) is 13.8 Å². The van der Waals surface area contributed by atoms with Crippen molar-refractivity contribution in [3.63, 3.8) is 0 Å². The second kappa shape index (κ2) is 10.3. The number of amides is 1. The van der Waals surface area contributed by atoms with Gasteiger partial charge in [0.05, 0.1) is 19.1 Å². The molecule has 0 saturated carbocycles. The molecule has 1 aromatic carbocycles. The van der Waals surface area contributed by atoms with E-state index in [1.54, 1.807) is 0 Å². The number of hydrogen-bond donors (Lipinski definition) is 3. The number of sulfonamides is 1. The van der Waals surface area contributed by atoms with Crippen molar-refractivity contribution in [3.05, 3.63) is 18.2 Å². The molecular formula is C17H29N3O5S. The standard InChI is InChI=1S/C17H29N3O5S/c1-12(2)9-13(11-18)20-17(21)7-8-19-26(22,23)14-5-6-15(24-3)16(10-14)25-4/h5-6,10,12-13,19H,7-9,11,18H2,1-4H3,(H,20,21). The zero-order chi connectivity index (χ0) is 19.7. The Hall–Kier alpha value is -1.84.